The van der Waals surface area contributed by atoms with E-state index in [0.717, 1.165) is 30.3 Å². The van der Waals surface area contributed by atoms with E-state index in [1.165, 1.54) is 0 Å². The maximum absolute atomic E-state index is 10.1. The Labute approximate surface area is 62.4 Å². The number of hydrogen-bond acceptors (Lipinski definition) is 1. The van der Waals surface area contributed by atoms with E-state index >= 15 is 0 Å². The average molecular weight is 138 g/mol. The molecule has 0 amide bonds. The monoisotopic (exact) mass is 138 g/mol. The van der Waals surface area contributed by atoms with Gasteiger partial charge in [-0.3, -0.25) is 4.79 Å². The van der Waals surface area contributed by atoms with Gasteiger partial charge in [0.05, 0.1) is 0 Å². The second kappa shape index (κ2) is 4.98. The lowest BCUT2D eigenvalue weighted by atomic mass is 10.1. The maximum atomic E-state index is 10.1. The third-order valence-corrected chi connectivity index (χ3v) is 1.22. The number of aldehydes is 1. The predicted octanol–water partition coefficient (Wildman–Crippen LogP) is 2.49. The molecule has 1 nitrogen and oxygen atoms in total. The van der Waals surface area contributed by atoms with Gasteiger partial charge in [0, 0.05) is 0 Å². The van der Waals surface area contributed by atoms with Crippen molar-refractivity contribution in [1.82, 2.24) is 0 Å². The largest absolute Gasteiger partial charge is 0.298 e. The van der Waals surface area contributed by atoms with E-state index in [1.54, 1.807) is 0 Å². The number of carbonyl (C=O) groups is 1. The van der Waals surface area contributed by atoms with Crippen LogP contribution in [-0.4, -0.2) is 6.29 Å². The van der Waals surface area contributed by atoms with Crippen molar-refractivity contribution in [3.8, 4) is 0 Å². The van der Waals surface area contributed by atoms with E-state index in [4.69, 9.17) is 0 Å². The maximum Gasteiger partial charge on any atom is 0.145 e. The zero-order chi connectivity index (χ0) is 7.98. The van der Waals surface area contributed by atoms with E-state index in [2.05, 4.69) is 6.58 Å². The summed E-state index contributed by atoms with van der Waals surface area (Å²) >= 11 is 0. The van der Waals surface area contributed by atoms with E-state index < -0.39 is 0 Å². The number of rotatable bonds is 4. The van der Waals surface area contributed by atoms with Gasteiger partial charge in [-0.05, 0) is 32.3 Å². The van der Waals surface area contributed by atoms with Gasteiger partial charge >= 0.3 is 0 Å². The van der Waals surface area contributed by atoms with Gasteiger partial charge in [0.25, 0.3) is 0 Å². The summed E-state index contributed by atoms with van der Waals surface area (Å²) in [4.78, 5) is 10.1. The number of carbonyl (C=O) groups excluding carboxylic acids is 1. The third-order valence-electron chi connectivity index (χ3n) is 1.22. The van der Waals surface area contributed by atoms with Crippen molar-refractivity contribution in [3.05, 3.63) is 23.8 Å². The minimum atomic E-state index is 0.807. The highest BCUT2D eigenvalue weighted by atomic mass is 16.1. The molecule has 0 rings (SSSR count). The Morgan fingerprint density at radius 1 is 1.50 bits per heavy atom. The molecule has 0 atom stereocenters. The summed E-state index contributed by atoms with van der Waals surface area (Å²) in [5.41, 5.74) is 1.97. The van der Waals surface area contributed by atoms with Crippen LogP contribution in [0.2, 0.25) is 0 Å². The Kier molecular flexibility index (Phi) is 4.55. The van der Waals surface area contributed by atoms with Crippen LogP contribution in [0.25, 0.3) is 0 Å². The smallest absolute Gasteiger partial charge is 0.145 e. The topological polar surface area (TPSA) is 17.1 Å². The highest BCUT2D eigenvalue weighted by molar-refractivity contribution is 5.71. The highest BCUT2D eigenvalue weighted by Gasteiger charge is 1.85. The van der Waals surface area contributed by atoms with E-state index in [9.17, 15) is 4.79 Å². The highest BCUT2D eigenvalue weighted by Crippen LogP contribution is 2.02. The van der Waals surface area contributed by atoms with Crippen molar-refractivity contribution in [2.24, 2.45) is 0 Å². The zero-order valence-corrected chi connectivity index (χ0v) is 6.68. The van der Waals surface area contributed by atoms with Gasteiger partial charge in [0.2, 0.25) is 0 Å². The molecule has 0 aromatic rings. The first-order valence-electron chi connectivity index (χ1n) is 3.43. The predicted molar refractivity (Wildman–Crippen MR) is 43.9 cm³/mol. The lowest BCUT2D eigenvalue weighted by molar-refractivity contribution is -0.104. The normalized spacial score (nSPS) is 11.2. The van der Waals surface area contributed by atoms with Crippen LogP contribution in [0.3, 0.4) is 0 Å². The lowest BCUT2D eigenvalue weighted by Gasteiger charge is -1.92. The van der Waals surface area contributed by atoms with E-state index in [1.807, 2.05) is 19.9 Å². The van der Waals surface area contributed by atoms with Gasteiger partial charge in [0.15, 0.2) is 0 Å². The van der Waals surface area contributed by atoms with Crippen LogP contribution in [0, 0.1) is 0 Å². The van der Waals surface area contributed by atoms with Crippen LogP contribution in [0.1, 0.15) is 26.7 Å². The summed E-state index contributed by atoms with van der Waals surface area (Å²) in [6, 6.07) is 0. The fraction of sp³-hybridized carbons (Fsp3) is 0.444. The van der Waals surface area contributed by atoms with Crippen molar-refractivity contribution >= 4 is 6.29 Å². The number of allylic oxidation sites excluding steroid dienone is 3. The molecule has 0 unspecified atom stereocenters. The standard InChI is InChI=1S/C9H14O/c1-8(2)5-4-6-9(3)7-10/h6-7H,1,4-5H2,2-3H3. The molecule has 0 fully saturated rings. The SMILES string of the molecule is C=C(C)CCC=C(C)C=O. The minimum Gasteiger partial charge on any atom is -0.298 e. The van der Waals surface area contributed by atoms with E-state index in [0.29, 0.717) is 0 Å². The summed E-state index contributed by atoms with van der Waals surface area (Å²) < 4.78 is 0. The fourth-order valence-electron chi connectivity index (χ4n) is 0.594. The molecule has 0 spiro atoms. The molecular weight excluding hydrogens is 124 g/mol. The Morgan fingerprint density at radius 3 is 2.50 bits per heavy atom. The summed E-state index contributed by atoms with van der Waals surface area (Å²) in [5.74, 6) is 0. The summed E-state index contributed by atoms with van der Waals surface area (Å²) in [5, 5.41) is 0. The second-order valence-electron chi connectivity index (χ2n) is 2.56. The molecule has 0 N–H and O–H groups in total. The lowest BCUT2D eigenvalue weighted by Crippen LogP contribution is -1.77. The van der Waals surface area contributed by atoms with Gasteiger partial charge in [0.1, 0.15) is 6.29 Å². The van der Waals surface area contributed by atoms with Crippen molar-refractivity contribution in [1.29, 1.82) is 0 Å². The average Bonchev–Trinajstić information content (AvgIpc) is 1.87. The van der Waals surface area contributed by atoms with Crippen molar-refractivity contribution in [2.45, 2.75) is 26.7 Å². The Morgan fingerprint density at radius 2 is 2.10 bits per heavy atom. The molecule has 0 saturated heterocycles. The van der Waals surface area contributed by atoms with Crippen LogP contribution in [-0.2, 0) is 4.79 Å². The summed E-state index contributed by atoms with van der Waals surface area (Å²) in [6.07, 6.45) is 4.71. The van der Waals surface area contributed by atoms with Crippen molar-refractivity contribution < 1.29 is 4.79 Å². The molecule has 0 aliphatic rings. The molecule has 0 bridgehead atoms. The molecule has 10 heavy (non-hydrogen) atoms. The van der Waals surface area contributed by atoms with Crippen molar-refractivity contribution in [2.75, 3.05) is 0 Å². The Bertz CT molecular complexity index is 154. The van der Waals surface area contributed by atoms with Crippen LogP contribution >= 0.6 is 0 Å². The number of hydrogen-bond donors (Lipinski definition) is 0. The Balaban J connectivity index is 3.52. The molecule has 0 aliphatic heterocycles. The molecule has 1 heteroatoms. The first-order chi connectivity index (χ1) is 4.66. The molecule has 0 aliphatic carbocycles. The van der Waals surface area contributed by atoms with Gasteiger partial charge in [-0.25, -0.2) is 0 Å². The molecule has 0 saturated carbocycles. The van der Waals surface area contributed by atoms with Crippen molar-refractivity contribution in [3.63, 3.8) is 0 Å². The van der Waals surface area contributed by atoms with Crippen LogP contribution in [0.4, 0.5) is 0 Å². The quantitative estimate of drug-likeness (QED) is 0.331. The fourth-order valence-corrected chi connectivity index (χ4v) is 0.594. The Hall–Kier alpha value is -0.850. The molecular formula is C9H14O. The van der Waals surface area contributed by atoms with Gasteiger partial charge < -0.3 is 0 Å². The second-order valence-corrected chi connectivity index (χ2v) is 2.56. The van der Waals surface area contributed by atoms with Gasteiger partial charge in [-0.1, -0.05) is 11.6 Å². The van der Waals surface area contributed by atoms with Crippen LogP contribution in [0.15, 0.2) is 23.8 Å². The summed E-state index contributed by atoms with van der Waals surface area (Å²) in [7, 11) is 0. The molecule has 0 radical (unpaired) electrons. The minimum absolute atomic E-state index is 0.807. The van der Waals surface area contributed by atoms with Gasteiger partial charge in [-0.15, -0.1) is 6.58 Å². The molecule has 0 aromatic heterocycles. The summed E-state index contributed by atoms with van der Waals surface area (Å²) in [6.45, 7) is 7.56. The van der Waals surface area contributed by atoms with Crippen LogP contribution < -0.4 is 0 Å². The van der Waals surface area contributed by atoms with E-state index in [-0.39, 0.29) is 0 Å². The molecule has 0 aromatic carbocycles. The molecule has 56 valence electrons. The molecule has 0 heterocycles. The third kappa shape index (κ3) is 5.29. The first-order valence-corrected chi connectivity index (χ1v) is 3.43. The first kappa shape index (κ1) is 9.15. The zero-order valence-electron chi connectivity index (χ0n) is 6.68. The van der Waals surface area contributed by atoms with Crippen LogP contribution in [0.5, 0.6) is 0 Å². The van der Waals surface area contributed by atoms with Gasteiger partial charge in [-0.2, -0.15) is 0 Å².